The molecule has 1 fully saturated rings. The average Bonchev–Trinajstić information content (AvgIpc) is 3.12. The second-order valence-corrected chi connectivity index (χ2v) is 6.50. The minimum atomic E-state index is -0.445. The lowest BCUT2D eigenvalue weighted by atomic mass is 9.92. The van der Waals surface area contributed by atoms with Gasteiger partial charge in [-0.15, -0.1) is 0 Å². The molecule has 0 aliphatic heterocycles. The van der Waals surface area contributed by atoms with Crippen molar-refractivity contribution in [3.63, 3.8) is 0 Å². The van der Waals surface area contributed by atoms with E-state index in [4.69, 9.17) is 4.42 Å². The van der Waals surface area contributed by atoms with Gasteiger partial charge in [-0.3, -0.25) is 9.78 Å². The van der Waals surface area contributed by atoms with Gasteiger partial charge in [-0.05, 0) is 37.1 Å². The van der Waals surface area contributed by atoms with Gasteiger partial charge in [-0.1, -0.05) is 25.0 Å². The first-order valence-electron chi connectivity index (χ1n) is 8.64. The predicted molar refractivity (Wildman–Crippen MR) is 95.2 cm³/mol. The Hall–Kier alpha value is -2.66. The molecule has 1 aliphatic rings. The molecular formula is C20H20N2O3. The number of benzene rings is 1. The molecule has 1 saturated carbocycles. The van der Waals surface area contributed by atoms with E-state index in [1.54, 1.807) is 24.6 Å². The number of amides is 1. The van der Waals surface area contributed by atoms with Gasteiger partial charge in [0.1, 0.15) is 5.58 Å². The molecule has 1 aromatic carbocycles. The number of aromatic nitrogens is 1. The summed E-state index contributed by atoms with van der Waals surface area (Å²) in [5.41, 5.74) is 3.14. The Morgan fingerprint density at radius 1 is 1.12 bits per heavy atom. The topological polar surface area (TPSA) is 75.4 Å². The second-order valence-electron chi connectivity index (χ2n) is 6.50. The minimum Gasteiger partial charge on any atom is -0.464 e. The zero-order chi connectivity index (χ0) is 17.2. The third kappa shape index (κ3) is 3.15. The third-order valence-electron chi connectivity index (χ3n) is 4.85. The highest BCUT2D eigenvalue weighted by Crippen LogP contribution is 2.27. The smallest absolute Gasteiger partial charge is 0.251 e. The number of pyridine rings is 1. The van der Waals surface area contributed by atoms with Gasteiger partial charge < -0.3 is 14.8 Å². The predicted octanol–water partition coefficient (Wildman–Crippen LogP) is 3.53. The van der Waals surface area contributed by atoms with Crippen LogP contribution in [0.5, 0.6) is 0 Å². The number of aliphatic hydroxyl groups is 1. The van der Waals surface area contributed by atoms with Crippen molar-refractivity contribution in [2.75, 3.05) is 0 Å². The molecule has 2 heterocycles. The summed E-state index contributed by atoms with van der Waals surface area (Å²) in [5, 5.41) is 13.9. The summed E-state index contributed by atoms with van der Waals surface area (Å²) in [6.45, 7) is 0. The Balaban J connectivity index is 1.53. The first-order valence-corrected chi connectivity index (χ1v) is 8.64. The largest absolute Gasteiger partial charge is 0.464 e. The fourth-order valence-electron chi connectivity index (χ4n) is 3.44. The standard InChI is InChI=1S/C20H20N2O3/c23-17-4-2-1-3-16(17)22-20(24)14-7-5-13(6-8-14)19-15-10-12-25-18(15)9-11-21-19/h5-12,16-17,23H,1-4H2,(H,22,24). The molecule has 2 atom stereocenters. The Kier molecular flexibility index (Phi) is 4.24. The van der Waals surface area contributed by atoms with Gasteiger partial charge in [0.05, 0.1) is 24.1 Å². The highest BCUT2D eigenvalue weighted by Gasteiger charge is 2.24. The molecule has 4 rings (SSSR count). The molecular weight excluding hydrogens is 316 g/mol. The first-order chi connectivity index (χ1) is 12.2. The van der Waals surface area contributed by atoms with Crippen molar-refractivity contribution < 1.29 is 14.3 Å². The van der Waals surface area contributed by atoms with E-state index in [1.807, 2.05) is 24.3 Å². The zero-order valence-electron chi connectivity index (χ0n) is 13.8. The molecule has 2 unspecified atom stereocenters. The molecule has 2 N–H and O–H groups in total. The molecule has 128 valence electrons. The van der Waals surface area contributed by atoms with Crippen LogP contribution in [0.3, 0.4) is 0 Å². The Labute approximate surface area is 145 Å². The molecule has 1 aliphatic carbocycles. The lowest BCUT2D eigenvalue weighted by Crippen LogP contribution is -2.45. The maximum atomic E-state index is 12.4. The summed E-state index contributed by atoms with van der Waals surface area (Å²) in [4.78, 5) is 16.9. The van der Waals surface area contributed by atoms with Gasteiger partial charge >= 0.3 is 0 Å². The second kappa shape index (κ2) is 6.69. The summed E-state index contributed by atoms with van der Waals surface area (Å²) < 4.78 is 5.41. The lowest BCUT2D eigenvalue weighted by molar-refractivity contribution is 0.0717. The monoisotopic (exact) mass is 336 g/mol. The number of fused-ring (bicyclic) bond motifs is 1. The van der Waals surface area contributed by atoms with Crippen LogP contribution >= 0.6 is 0 Å². The summed E-state index contributed by atoms with van der Waals surface area (Å²) in [6, 6.07) is 10.9. The fraction of sp³-hybridized carbons (Fsp3) is 0.300. The Morgan fingerprint density at radius 3 is 2.72 bits per heavy atom. The number of hydrogen-bond acceptors (Lipinski definition) is 4. The minimum absolute atomic E-state index is 0.146. The van der Waals surface area contributed by atoms with Crippen LogP contribution in [0.2, 0.25) is 0 Å². The normalized spacial score (nSPS) is 20.5. The fourth-order valence-corrected chi connectivity index (χ4v) is 3.44. The van der Waals surface area contributed by atoms with Crippen molar-refractivity contribution in [1.82, 2.24) is 10.3 Å². The SMILES string of the molecule is O=C(NC1CCCCC1O)c1ccc(-c2nccc3occc23)cc1. The molecule has 0 saturated heterocycles. The van der Waals surface area contributed by atoms with Crippen molar-refractivity contribution in [2.24, 2.45) is 0 Å². The number of rotatable bonds is 3. The van der Waals surface area contributed by atoms with Crippen molar-refractivity contribution in [2.45, 2.75) is 37.8 Å². The summed E-state index contributed by atoms with van der Waals surface area (Å²) in [5.74, 6) is -0.146. The van der Waals surface area contributed by atoms with Gasteiger partial charge in [-0.25, -0.2) is 0 Å². The van der Waals surface area contributed by atoms with Crippen LogP contribution in [0.25, 0.3) is 22.2 Å². The molecule has 25 heavy (non-hydrogen) atoms. The van der Waals surface area contributed by atoms with Crippen LogP contribution in [0.1, 0.15) is 36.0 Å². The van der Waals surface area contributed by atoms with Crippen LogP contribution < -0.4 is 5.32 Å². The van der Waals surface area contributed by atoms with E-state index >= 15 is 0 Å². The molecule has 2 aromatic heterocycles. The number of hydrogen-bond donors (Lipinski definition) is 2. The maximum absolute atomic E-state index is 12.4. The Bertz CT molecular complexity index is 885. The molecule has 0 bridgehead atoms. The number of carbonyl (C=O) groups excluding carboxylic acids is 1. The van der Waals surface area contributed by atoms with E-state index in [-0.39, 0.29) is 11.9 Å². The van der Waals surface area contributed by atoms with Gasteiger partial charge in [0.25, 0.3) is 5.91 Å². The molecule has 5 nitrogen and oxygen atoms in total. The molecule has 0 spiro atoms. The van der Waals surface area contributed by atoms with E-state index in [2.05, 4.69) is 10.3 Å². The quantitative estimate of drug-likeness (QED) is 0.767. The third-order valence-corrected chi connectivity index (χ3v) is 4.85. The average molecular weight is 336 g/mol. The van der Waals surface area contributed by atoms with Crippen molar-refractivity contribution >= 4 is 16.9 Å². The zero-order valence-corrected chi connectivity index (χ0v) is 13.8. The number of furan rings is 1. The number of nitrogens with zero attached hydrogens (tertiary/aromatic N) is 1. The summed E-state index contributed by atoms with van der Waals surface area (Å²) in [6.07, 6.45) is 6.57. The van der Waals surface area contributed by atoms with Crippen LogP contribution in [0.4, 0.5) is 0 Å². The van der Waals surface area contributed by atoms with Gasteiger partial charge in [0, 0.05) is 22.7 Å². The van der Waals surface area contributed by atoms with E-state index in [0.717, 1.165) is 47.9 Å². The highest BCUT2D eigenvalue weighted by molar-refractivity contribution is 5.96. The number of nitrogens with one attached hydrogen (secondary N) is 1. The maximum Gasteiger partial charge on any atom is 0.251 e. The molecule has 1 amide bonds. The van der Waals surface area contributed by atoms with E-state index < -0.39 is 6.10 Å². The van der Waals surface area contributed by atoms with Crippen LogP contribution in [-0.4, -0.2) is 28.1 Å². The number of aliphatic hydroxyl groups excluding tert-OH is 1. The summed E-state index contributed by atoms with van der Waals surface area (Å²) in [7, 11) is 0. The van der Waals surface area contributed by atoms with Crippen LogP contribution in [0, 0.1) is 0 Å². The van der Waals surface area contributed by atoms with E-state index in [0.29, 0.717) is 5.56 Å². The molecule has 0 radical (unpaired) electrons. The molecule has 5 heteroatoms. The first kappa shape index (κ1) is 15.8. The van der Waals surface area contributed by atoms with Crippen molar-refractivity contribution in [3.05, 3.63) is 54.4 Å². The Morgan fingerprint density at radius 2 is 1.92 bits per heavy atom. The van der Waals surface area contributed by atoms with Gasteiger partial charge in [-0.2, -0.15) is 0 Å². The summed E-state index contributed by atoms with van der Waals surface area (Å²) >= 11 is 0. The van der Waals surface area contributed by atoms with Crippen LogP contribution in [0.15, 0.2) is 53.3 Å². The number of carbonyl (C=O) groups is 1. The van der Waals surface area contributed by atoms with Gasteiger partial charge in [0.2, 0.25) is 0 Å². The lowest BCUT2D eigenvalue weighted by Gasteiger charge is -2.28. The van der Waals surface area contributed by atoms with Crippen LogP contribution in [-0.2, 0) is 0 Å². The van der Waals surface area contributed by atoms with E-state index in [1.165, 1.54) is 0 Å². The van der Waals surface area contributed by atoms with Crippen molar-refractivity contribution in [1.29, 1.82) is 0 Å². The van der Waals surface area contributed by atoms with Crippen molar-refractivity contribution in [3.8, 4) is 11.3 Å². The van der Waals surface area contributed by atoms with E-state index in [9.17, 15) is 9.90 Å². The van der Waals surface area contributed by atoms with Gasteiger partial charge in [0.15, 0.2) is 0 Å². The molecule has 3 aromatic rings. The highest BCUT2D eigenvalue weighted by atomic mass is 16.3.